The summed E-state index contributed by atoms with van der Waals surface area (Å²) in [4.78, 5) is 26.6. The van der Waals surface area contributed by atoms with Crippen molar-refractivity contribution in [3.8, 4) is 0 Å². The minimum Gasteiger partial charge on any atom is -0.481 e. The van der Waals surface area contributed by atoms with E-state index in [1.165, 1.54) is 0 Å². The summed E-state index contributed by atoms with van der Waals surface area (Å²) in [5.41, 5.74) is 12.7. The average Bonchev–Trinajstić information content (AvgIpc) is 3.06. The number of nitrogens with zero attached hydrogens (tertiary/aromatic N) is 1. The van der Waals surface area contributed by atoms with Crippen LogP contribution in [0.4, 0.5) is 4.79 Å². The van der Waals surface area contributed by atoms with Crippen molar-refractivity contribution in [3.05, 3.63) is 0 Å². The van der Waals surface area contributed by atoms with Gasteiger partial charge >= 0.3 is 12.1 Å². The monoisotopic (exact) mass is 461 g/mol. The molecule has 186 valence electrons. The van der Waals surface area contributed by atoms with E-state index in [-0.39, 0.29) is 40.5 Å². The van der Waals surface area contributed by atoms with Gasteiger partial charge in [-0.1, -0.05) is 13.8 Å². The van der Waals surface area contributed by atoms with E-state index in [2.05, 4.69) is 13.8 Å². The largest absolute Gasteiger partial charge is 0.481 e. The molecule has 0 radical (unpaired) electrons. The number of aliphatic carboxylic acids is 1. The van der Waals surface area contributed by atoms with E-state index in [9.17, 15) is 14.7 Å². The molecule has 0 bridgehead atoms. The topological polar surface area (TPSA) is 119 Å². The third kappa shape index (κ3) is 3.51. The standard InChI is InChI=1S/C26H43N3O4/c1-24-10-5-18(33-23(32)29-13-8-17(27)9-14-29)15-16(24)3-4-20-19(24)6-11-25(2)21(22(30)31)7-12-26(20,25)28/h16-21H,3-15,27-28H2,1-2H3,(H,30,31)/t16?,18?,19-,20+,21?,24-,25+,26+/m0/s1. The van der Waals surface area contributed by atoms with Crippen molar-refractivity contribution in [2.45, 2.75) is 102 Å². The van der Waals surface area contributed by atoms with Crippen molar-refractivity contribution in [2.75, 3.05) is 13.1 Å². The Hall–Kier alpha value is -1.34. The zero-order valence-electron chi connectivity index (χ0n) is 20.4. The lowest BCUT2D eigenvalue weighted by atomic mass is 9.42. The Bertz CT molecular complexity index is 798. The van der Waals surface area contributed by atoms with Crippen LogP contribution in [0, 0.1) is 34.5 Å². The molecule has 33 heavy (non-hydrogen) atoms. The van der Waals surface area contributed by atoms with E-state index in [0.29, 0.717) is 37.3 Å². The van der Waals surface area contributed by atoms with Crippen LogP contribution in [0.25, 0.3) is 0 Å². The molecule has 5 aliphatic rings. The molecule has 1 saturated heterocycles. The number of piperidine rings is 1. The molecular weight excluding hydrogens is 418 g/mol. The third-order valence-corrected chi connectivity index (χ3v) is 11.3. The van der Waals surface area contributed by atoms with Crippen molar-refractivity contribution >= 4 is 12.1 Å². The molecule has 1 amide bonds. The maximum Gasteiger partial charge on any atom is 0.410 e. The van der Waals surface area contributed by atoms with E-state index in [1.54, 1.807) is 0 Å². The molecule has 3 unspecified atom stereocenters. The first-order valence-corrected chi connectivity index (χ1v) is 13.3. The van der Waals surface area contributed by atoms with Crippen molar-refractivity contribution < 1.29 is 19.4 Å². The van der Waals surface area contributed by atoms with Gasteiger partial charge in [0.15, 0.2) is 0 Å². The zero-order valence-corrected chi connectivity index (χ0v) is 20.4. The quantitative estimate of drug-likeness (QED) is 0.576. The van der Waals surface area contributed by atoms with Crippen LogP contribution in [-0.4, -0.2) is 52.8 Å². The second-order valence-corrected chi connectivity index (χ2v) is 12.5. The van der Waals surface area contributed by atoms with Crippen LogP contribution in [-0.2, 0) is 9.53 Å². The summed E-state index contributed by atoms with van der Waals surface area (Å²) in [7, 11) is 0. The molecule has 4 saturated carbocycles. The summed E-state index contributed by atoms with van der Waals surface area (Å²) >= 11 is 0. The summed E-state index contributed by atoms with van der Waals surface area (Å²) in [5.74, 6) is 0.514. The highest BCUT2D eigenvalue weighted by molar-refractivity contribution is 5.72. The van der Waals surface area contributed by atoms with E-state index >= 15 is 0 Å². The molecule has 7 nitrogen and oxygen atoms in total. The number of carboxylic acids is 1. The number of hydrogen-bond donors (Lipinski definition) is 3. The summed E-state index contributed by atoms with van der Waals surface area (Å²) < 4.78 is 6.00. The van der Waals surface area contributed by atoms with E-state index < -0.39 is 5.97 Å². The van der Waals surface area contributed by atoms with Crippen molar-refractivity contribution in [2.24, 2.45) is 46.0 Å². The highest BCUT2D eigenvalue weighted by atomic mass is 16.6. The van der Waals surface area contributed by atoms with Crippen molar-refractivity contribution in [3.63, 3.8) is 0 Å². The molecule has 1 aliphatic heterocycles. The molecule has 0 spiro atoms. The number of nitrogens with two attached hydrogens (primary N) is 2. The van der Waals surface area contributed by atoms with Crippen LogP contribution in [0.5, 0.6) is 0 Å². The van der Waals surface area contributed by atoms with Gasteiger partial charge in [-0.3, -0.25) is 4.79 Å². The third-order valence-electron chi connectivity index (χ3n) is 11.3. The van der Waals surface area contributed by atoms with Crippen LogP contribution >= 0.6 is 0 Å². The number of carbonyl (C=O) groups excluding carboxylic acids is 1. The molecule has 5 rings (SSSR count). The van der Waals surface area contributed by atoms with Gasteiger partial charge in [-0.25, -0.2) is 4.79 Å². The van der Waals surface area contributed by atoms with Crippen LogP contribution in [0.1, 0.15) is 84.5 Å². The molecule has 0 aromatic heterocycles. The Morgan fingerprint density at radius 2 is 1.67 bits per heavy atom. The Kier molecular flexibility index (Phi) is 5.75. The molecule has 7 heteroatoms. The van der Waals surface area contributed by atoms with E-state index in [0.717, 1.165) is 64.2 Å². The fourth-order valence-electron chi connectivity index (χ4n) is 9.09. The molecule has 5 fully saturated rings. The van der Waals surface area contributed by atoms with Gasteiger partial charge in [0.25, 0.3) is 0 Å². The molecule has 0 aromatic carbocycles. The number of rotatable bonds is 2. The van der Waals surface area contributed by atoms with Gasteiger partial charge in [-0.2, -0.15) is 0 Å². The van der Waals surface area contributed by atoms with Crippen LogP contribution in [0.3, 0.4) is 0 Å². The zero-order chi connectivity index (χ0) is 23.6. The summed E-state index contributed by atoms with van der Waals surface area (Å²) in [6, 6.07) is 0.202. The smallest absolute Gasteiger partial charge is 0.410 e. The summed E-state index contributed by atoms with van der Waals surface area (Å²) in [6.45, 7) is 6.01. The number of hydrogen-bond acceptors (Lipinski definition) is 5. The molecule has 1 heterocycles. The maximum atomic E-state index is 12.7. The molecule has 0 aromatic rings. The van der Waals surface area contributed by atoms with Gasteiger partial charge in [0.05, 0.1) is 5.92 Å². The van der Waals surface area contributed by atoms with Gasteiger partial charge in [-0.05, 0) is 99.2 Å². The van der Waals surface area contributed by atoms with Gasteiger partial charge in [0, 0.05) is 24.7 Å². The number of likely N-dealkylation sites (tertiary alicyclic amines) is 1. The maximum absolute atomic E-state index is 12.7. The first-order valence-electron chi connectivity index (χ1n) is 13.3. The second kappa shape index (κ2) is 8.11. The molecule has 5 N–H and O–H groups in total. The SMILES string of the molecule is C[C@]12CCC(OC(=O)N3CCC(N)CC3)CC1CC[C@@H]1[C@@H]2CC[C@]2(C)C(C(=O)O)CC[C@@]12N. The molecule has 8 atom stereocenters. The lowest BCUT2D eigenvalue weighted by Crippen LogP contribution is -2.66. The lowest BCUT2D eigenvalue weighted by molar-refractivity contribution is -0.157. The van der Waals surface area contributed by atoms with Crippen LogP contribution < -0.4 is 11.5 Å². The second-order valence-electron chi connectivity index (χ2n) is 12.5. The Morgan fingerprint density at radius 3 is 2.36 bits per heavy atom. The van der Waals surface area contributed by atoms with E-state index in [1.807, 2.05) is 4.90 Å². The highest BCUT2D eigenvalue weighted by Crippen LogP contribution is 2.68. The highest BCUT2D eigenvalue weighted by Gasteiger charge is 2.67. The normalized spacial score (nSPS) is 47.9. The lowest BCUT2D eigenvalue weighted by Gasteiger charge is -2.64. The molecule has 4 aliphatic carbocycles. The fraction of sp³-hybridized carbons (Fsp3) is 0.923. The van der Waals surface area contributed by atoms with Crippen molar-refractivity contribution in [1.29, 1.82) is 0 Å². The average molecular weight is 462 g/mol. The van der Waals surface area contributed by atoms with Gasteiger partial charge in [0.1, 0.15) is 6.10 Å². The number of carbonyl (C=O) groups is 2. The van der Waals surface area contributed by atoms with Crippen LogP contribution in [0.15, 0.2) is 0 Å². The Balaban J connectivity index is 1.26. The predicted molar refractivity (Wildman–Crippen MR) is 125 cm³/mol. The van der Waals surface area contributed by atoms with E-state index in [4.69, 9.17) is 16.2 Å². The molecular formula is C26H43N3O4. The number of amides is 1. The van der Waals surface area contributed by atoms with Gasteiger partial charge in [0.2, 0.25) is 0 Å². The Labute approximate surface area is 198 Å². The summed E-state index contributed by atoms with van der Waals surface area (Å²) in [6.07, 6.45) is 10.2. The fourth-order valence-corrected chi connectivity index (χ4v) is 9.09. The van der Waals surface area contributed by atoms with Gasteiger partial charge in [-0.15, -0.1) is 0 Å². The summed E-state index contributed by atoms with van der Waals surface area (Å²) in [5, 5.41) is 9.87. The number of ether oxygens (including phenoxy) is 1. The first kappa shape index (κ1) is 23.4. The first-order chi connectivity index (χ1) is 15.6. The van der Waals surface area contributed by atoms with Crippen LogP contribution in [0.2, 0.25) is 0 Å². The number of carboxylic acid groups (broad SMARTS) is 1. The van der Waals surface area contributed by atoms with Crippen molar-refractivity contribution in [1.82, 2.24) is 4.90 Å². The van der Waals surface area contributed by atoms with Gasteiger partial charge < -0.3 is 26.2 Å². The minimum atomic E-state index is -0.666. The predicted octanol–water partition coefficient (Wildman–Crippen LogP) is 3.74. The Morgan fingerprint density at radius 1 is 0.939 bits per heavy atom. The minimum absolute atomic E-state index is 0.00582. The number of fused-ring (bicyclic) bond motifs is 5.